The third-order valence-electron chi connectivity index (χ3n) is 1.92. The molecule has 1 N–H and O–H groups in total. The van der Waals surface area contributed by atoms with Crippen LogP contribution < -0.4 is 5.32 Å². The first-order valence-corrected chi connectivity index (χ1v) is 6.95. The van der Waals surface area contributed by atoms with E-state index in [-0.39, 0.29) is 5.82 Å². The Morgan fingerprint density at radius 3 is 2.93 bits per heavy atom. The summed E-state index contributed by atoms with van der Waals surface area (Å²) in [6.45, 7) is 2.97. The van der Waals surface area contributed by atoms with Crippen LogP contribution >= 0.6 is 27.7 Å². The van der Waals surface area contributed by atoms with Crippen molar-refractivity contribution in [1.82, 2.24) is 0 Å². The van der Waals surface area contributed by atoms with Crippen LogP contribution in [-0.4, -0.2) is 18.1 Å². The fraction of sp³-hybridized carbons (Fsp3) is 0.455. The van der Waals surface area contributed by atoms with Gasteiger partial charge in [-0.3, -0.25) is 0 Å². The molecule has 84 valence electrons. The first-order chi connectivity index (χ1) is 7.24. The molecule has 1 rings (SSSR count). The zero-order valence-electron chi connectivity index (χ0n) is 8.72. The van der Waals surface area contributed by atoms with Crippen LogP contribution in [0.1, 0.15) is 13.3 Å². The third kappa shape index (κ3) is 4.89. The molecule has 0 saturated heterocycles. The van der Waals surface area contributed by atoms with Crippen molar-refractivity contribution >= 4 is 33.4 Å². The minimum absolute atomic E-state index is 0.201. The zero-order valence-corrected chi connectivity index (χ0v) is 11.1. The van der Waals surface area contributed by atoms with E-state index in [1.165, 1.54) is 6.07 Å². The van der Waals surface area contributed by atoms with Gasteiger partial charge in [0.15, 0.2) is 0 Å². The van der Waals surface area contributed by atoms with Crippen molar-refractivity contribution in [3.05, 3.63) is 28.5 Å². The highest BCUT2D eigenvalue weighted by Gasteiger charge is 2.00. The molecule has 0 aliphatic rings. The van der Waals surface area contributed by atoms with E-state index in [9.17, 15) is 4.39 Å². The molecule has 0 spiro atoms. The van der Waals surface area contributed by atoms with E-state index in [0.29, 0.717) is 5.69 Å². The van der Waals surface area contributed by atoms with Gasteiger partial charge >= 0.3 is 0 Å². The van der Waals surface area contributed by atoms with Gasteiger partial charge in [-0.1, -0.05) is 22.9 Å². The maximum absolute atomic E-state index is 13.3. The second-order valence-corrected chi connectivity index (χ2v) is 5.41. The number of thioether (sulfide) groups is 1. The van der Waals surface area contributed by atoms with E-state index in [0.717, 1.165) is 28.9 Å². The van der Waals surface area contributed by atoms with Crippen LogP contribution in [-0.2, 0) is 0 Å². The Morgan fingerprint density at radius 1 is 1.47 bits per heavy atom. The summed E-state index contributed by atoms with van der Waals surface area (Å²) >= 11 is 5.14. The van der Waals surface area contributed by atoms with Crippen LogP contribution in [0.2, 0.25) is 0 Å². The van der Waals surface area contributed by atoms with Gasteiger partial charge in [0.1, 0.15) is 5.82 Å². The SMILES string of the molecule is CCSCCCNc1ccc(Br)cc1F. The van der Waals surface area contributed by atoms with Crippen molar-refractivity contribution in [2.75, 3.05) is 23.4 Å². The van der Waals surface area contributed by atoms with Crippen molar-refractivity contribution in [3.63, 3.8) is 0 Å². The lowest BCUT2D eigenvalue weighted by molar-refractivity contribution is 0.629. The average Bonchev–Trinajstić information content (AvgIpc) is 2.20. The quantitative estimate of drug-likeness (QED) is 0.791. The van der Waals surface area contributed by atoms with Gasteiger partial charge in [-0.2, -0.15) is 11.8 Å². The smallest absolute Gasteiger partial charge is 0.147 e. The van der Waals surface area contributed by atoms with Gasteiger partial charge in [0.05, 0.1) is 5.69 Å². The molecule has 0 unspecified atom stereocenters. The third-order valence-corrected chi connectivity index (χ3v) is 3.40. The summed E-state index contributed by atoms with van der Waals surface area (Å²) in [5, 5.41) is 3.09. The standard InChI is InChI=1S/C11H15BrFNS/c1-2-15-7-3-6-14-11-5-4-9(12)8-10(11)13/h4-5,8,14H,2-3,6-7H2,1H3. The summed E-state index contributed by atoms with van der Waals surface area (Å²) in [7, 11) is 0. The predicted octanol–water partition coefficient (Wildman–Crippen LogP) is 4.14. The Balaban J connectivity index is 2.31. The minimum Gasteiger partial charge on any atom is -0.383 e. The Bertz CT molecular complexity index is 307. The van der Waals surface area contributed by atoms with Gasteiger partial charge in [0, 0.05) is 11.0 Å². The molecule has 0 saturated carbocycles. The first-order valence-electron chi connectivity index (χ1n) is 5.00. The molecule has 1 nitrogen and oxygen atoms in total. The molecule has 0 aliphatic carbocycles. The lowest BCUT2D eigenvalue weighted by Gasteiger charge is -2.07. The molecule has 1 aromatic carbocycles. The molecule has 0 fully saturated rings. The fourth-order valence-corrected chi connectivity index (χ4v) is 2.14. The van der Waals surface area contributed by atoms with E-state index in [1.807, 2.05) is 17.8 Å². The summed E-state index contributed by atoms with van der Waals surface area (Å²) in [6, 6.07) is 5.07. The van der Waals surface area contributed by atoms with Crippen LogP contribution in [0.15, 0.2) is 22.7 Å². The van der Waals surface area contributed by atoms with Crippen LogP contribution in [0.4, 0.5) is 10.1 Å². The fourth-order valence-electron chi connectivity index (χ4n) is 1.17. The summed E-state index contributed by atoms with van der Waals surface area (Å²) in [4.78, 5) is 0. The molecule has 0 aromatic heterocycles. The van der Waals surface area contributed by atoms with Crippen molar-refractivity contribution in [1.29, 1.82) is 0 Å². The number of rotatable bonds is 6. The number of hydrogen-bond donors (Lipinski definition) is 1. The molecule has 1 aromatic rings. The molecule has 0 bridgehead atoms. The van der Waals surface area contributed by atoms with Gasteiger partial charge in [-0.05, 0) is 36.1 Å². The number of benzene rings is 1. The van der Waals surface area contributed by atoms with E-state index in [2.05, 4.69) is 28.2 Å². The van der Waals surface area contributed by atoms with Crippen molar-refractivity contribution in [2.24, 2.45) is 0 Å². The van der Waals surface area contributed by atoms with Crippen LogP contribution in [0.5, 0.6) is 0 Å². The topological polar surface area (TPSA) is 12.0 Å². The summed E-state index contributed by atoms with van der Waals surface area (Å²) in [5.41, 5.74) is 0.583. The van der Waals surface area contributed by atoms with Crippen molar-refractivity contribution < 1.29 is 4.39 Å². The van der Waals surface area contributed by atoms with Gasteiger partial charge in [0.25, 0.3) is 0 Å². The number of hydrogen-bond acceptors (Lipinski definition) is 2. The minimum atomic E-state index is -0.201. The van der Waals surface area contributed by atoms with Gasteiger partial charge in [-0.25, -0.2) is 4.39 Å². The van der Waals surface area contributed by atoms with Crippen molar-refractivity contribution in [3.8, 4) is 0 Å². The Morgan fingerprint density at radius 2 is 2.27 bits per heavy atom. The van der Waals surface area contributed by atoms with E-state index >= 15 is 0 Å². The zero-order chi connectivity index (χ0) is 11.1. The number of nitrogens with one attached hydrogen (secondary N) is 1. The molecule has 4 heteroatoms. The maximum Gasteiger partial charge on any atom is 0.147 e. The highest BCUT2D eigenvalue weighted by molar-refractivity contribution is 9.10. The Hall–Kier alpha value is -0.220. The van der Waals surface area contributed by atoms with Gasteiger partial charge < -0.3 is 5.32 Å². The normalized spacial score (nSPS) is 10.3. The lowest BCUT2D eigenvalue weighted by Crippen LogP contribution is -2.04. The van der Waals surface area contributed by atoms with Crippen LogP contribution in [0, 0.1) is 5.82 Å². The largest absolute Gasteiger partial charge is 0.383 e. The molecule has 0 heterocycles. The molecule has 0 amide bonds. The Labute approximate surface area is 103 Å². The lowest BCUT2D eigenvalue weighted by atomic mass is 10.3. The number of halogens is 2. The second-order valence-electron chi connectivity index (χ2n) is 3.10. The van der Waals surface area contributed by atoms with E-state index in [4.69, 9.17) is 0 Å². The summed E-state index contributed by atoms with van der Waals surface area (Å²) in [6.07, 6.45) is 1.06. The average molecular weight is 292 g/mol. The van der Waals surface area contributed by atoms with Gasteiger partial charge in [0.2, 0.25) is 0 Å². The summed E-state index contributed by atoms with van der Waals surface area (Å²) in [5.74, 6) is 2.07. The summed E-state index contributed by atoms with van der Waals surface area (Å²) < 4.78 is 14.1. The van der Waals surface area contributed by atoms with Crippen molar-refractivity contribution in [2.45, 2.75) is 13.3 Å². The molecule has 15 heavy (non-hydrogen) atoms. The van der Waals surface area contributed by atoms with E-state index < -0.39 is 0 Å². The molecule has 0 atom stereocenters. The maximum atomic E-state index is 13.3. The monoisotopic (exact) mass is 291 g/mol. The van der Waals surface area contributed by atoms with Gasteiger partial charge in [-0.15, -0.1) is 0 Å². The molecule has 0 aliphatic heterocycles. The highest BCUT2D eigenvalue weighted by Crippen LogP contribution is 2.19. The molecular weight excluding hydrogens is 277 g/mol. The molecule has 0 radical (unpaired) electrons. The van der Waals surface area contributed by atoms with E-state index in [1.54, 1.807) is 6.07 Å². The first kappa shape index (κ1) is 12.8. The Kier molecular flexibility index (Phi) is 6.10. The second kappa shape index (κ2) is 7.12. The predicted molar refractivity (Wildman–Crippen MR) is 70.2 cm³/mol. The number of anilines is 1. The van der Waals surface area contributed by atoms with Crippen LogP contribution in [0.3, 0.4) is 0 Å². The molecular formula is C11H15BrFNS. The van der Waals surface area contributed by atoms with Crippen LogP contribution in [0.25, 0.3) is 0 Å². The highest BCUT2D eigenvalue weighted by atomic mass is 79.9.